The molecule has 1 aliphatic rings. The molecule has 0 radical (unpaired) electrons. The monoisotopic (exact) mass is 314 g/mol. The van der Waals surface area contributed by atoms with Crippen molar-refractivity contribution in [3.8, 4) is 0 Å². The van der Waals surface area contributed by atoms with E-state index in [1.54, 1.807) is 0 Å². The topological polar surface area (TPSA) is 121 Å². The molecule has 0 spiro atoms. The third-order valence-electron chi connectivity index (χ3n) is 2.93. The number of carboxylic acid groups (broad SMARTS) is 1. The van der Waals surface area contributed by atoms with Gasteiger partial charge in [0.1, 0.15) is 0 Å². The van der Waals surface area contributed by atoms with Crippen LogP contribution in [-0.4, -0.2) is 63.9 Å². The fourth-order valence-corrected chi connectivity index (χ4v) is 4.60. The van der Waals surface area contributed by atoms with E-state index in [1.807, 2.05) is 0 Å². The van der Waals surface area contributed by atoms with E-state index in [4.69, 9.17) is 5.11 Å². The Kier molecular flexibility index (Phi) is 5.30. The van der Waals surface area contributed by atoms with Crippen LogP contribution in [0.1, 0.15) is 12.8 Å². The number of nitrogens with zero attached hydrogens (tertiary/aromatic N) is 1. The van der Waals surface area contributed by atoms with Crippen molar-refractivity contribution in [2.75, 3.05) is 31.6 Å². The summed E-state index contributed by atoms with van der Waals surface area (Å²) in [6.07, 6.45) is 0.166. The van der Waals surface area contributed by atoms with Gasteiger partial charge >= 0.3 is 5.97 Å². The van der Waals surface area contributed by atoms with E-state index in [0.29, 0.717) is 6.42 Å². The van der Waals surface area contributed by atoms with E-state index in [0.717, 1.165) is 4.31 Å². The van der Waals surface area contributed by atoms with Crippen molar-refractivity contribution >= 4 is 26.0 Å². The van der Waals surface area contributed by atoms with Gasteiger partial charge in [0.2, 0.25) is 0 Å². The first-order valence-corrected chi connectivity index (χ1v) is 9.02. The van der Waals surface area contributed by atoms with Crippen molar-refractivity contribution < 1.29 is 26.7 Å². The van der Waals surface area contributed by atoms with Crippen LogP contribution in [0, 0.1) is 5.92 Å². The molecule has 8 nitrogen and oxygen atoms in total. The zero-order valence-electron chi connectivity index (χ0n) is 10.6. The Morgan fingerprint density at radius 3 is 2.58 bits per heavy atom. The molecule has 0 aliphatic carbocycles. The average molecular weight is 314 g/mol. The van der Waals surface area contributed by atoms with Gasteiger partial charge < -0.3 is 5.11 Å². The average Bonchev–Trinajstić information content (AvgIpc) is 2.63. The lowest BCUT2D eigenvalue weighted by atomic mass is 10.1. The van der Waals surface area contributed by atoms with Gasteiger partial charge in [0.15, 0.2) is 9.84 Å². The Morgan fingerprint density at radius 1 is 1.47 bits per heavy atom. The molecular weight excluding hydrogens is 296 g/mol. The normalized spacial score (nSPS) is 22.7. The second-order valence-corrected chi connectivity index (χ2v) is 8.68. The summed E-state index contributed by atoms with van der Waals surface area (Å²) in [5.74, 6) is -1.21. The molecule has 0 amide bonds. The van der Waals surface area contributed by atoms with E-state index in [-0.39, 0.29) is 36.9 Å². The maximum atomic E-state index is 11.7. The fraction of sp³-hybridized carbons (Fsp3) is 0.889. The summed E-state index contributed by atoms with van der Waals surface area (Å²) in [6.45, 7) is -0.0768. The van der Waals surface area contributed by atoms with Gasteiger partial charge in [-0.3, -0.25) is 4.79 Å². The number of sulfone groups is 1. The van der Waals surface area contributed by atoms with E-state index in [2.05, 4.69) is 4.72 Å². The highest BCUT2D eigenvalue weighted by atomic mass is 32.2. The Bertz CT molecular complexity index is 527. The predicted molar refractivity (Wildman–Crippen MR) is 68.6 cm³/mol. The third-order valence-corrected chi connectivity index (χ3v) is 6.30. The van der Waals surface area contributed by atoms with E-state index in [9.17, 15) is 21.6 Å². The first-order chi connectivity index (χ1) is 8.62. The predicted octanol–water partition coefficient (Wildman–Crippen LogP) is -1.34. The molecule has 0 aromatic rings. The second-order valence-electron chi connectivity index (χ2n) is 4.59. The lowest BCUT2D eigenvalue weighted by Crippen LogP contribution is -2.41. The van der Waals surface area contributed by atoms with Gasteiger partial charge in [0.05, 0.1) is 17.9 Å². The van der Waals surface area contributed by atoms with E-state index in [1.165, 1.54) is 7.05 Å². The first kappa shape index (κ1) is 16.3. The van der Waals surface area contributed by atoms with Crippen LogP contribution in [0.2, 0.25) is 0 Å². The smallest absolute Gasteiger partial charge is 0.304 e. The minimum absolute atomic E-state index is 0.00560. The minimum Gasteiger partial charge on any atom is -0.481 e. The van der Waals surface area contributed by atoms with Gasteiger partial charge in [-0.1, -0.05) is 0 Å². The SMILES string of the molecule is CN(CCC(=O)O)S(=O)(=O)NCC1CCS(=O)(=O)C1. The zero-order valence-corrected chi connectivity index (χ0v) is 12.2. The Balaban J connectivity index is 2.45. The zero-order chi connectivity index (χ0) is 14.7. The van der Waals surface area contributed by atoms with Gasteiger partial charge in [-0.2, -0.15) is 12.7 Å². The summed E-state index contributed by atoms with van der Waals surface area (Å²) in [6, 6.07) is 0. The molecule has 1 saturated heterocycles. The maximum absolute atomic E-state index is 11.7. The van der Waals surface area contributed by atoms with Gasteiger partial charge in [0.25, 0.3) is 10.2 Å². The summed E-state index contributed by atoms with van der Waals surface area (Å²) in [4.78, 5) is 10.4. The molecule has 10 heteroatoms. The van der Waals surface area contributed by atoms with Crippen molar-refractivity contribution in [2.45, 2.75) is 12.8 Å². The highest BCUT2D eigenvalue weighted by Gasteiger charge is 2.29. The highest BCUT2D eigenvalue weighted by Crippen LogP contribution is 2.17. The largest absolute Gasteiger partial charge is 0.481 e. The molecule has 2 N–H and O–H groups in total. The summed E-state index contributed by atoms with van der Waals surface area (Å²) < 4.78 is 49.1. The minimum atomic E-state index is -3.76. The molecule has 1 unspecified atom stereocenters. The Hall–Kier alpha value is -0.710. The Labute approximate surface area is 112 Å². The molecule has 1 fully saturated rings. The highest BCUT2D eigenvalue weighted by molar-refractivity contribution is 7.91. The number of hydrogen-bond acceptors (Lipinski definition) is 5. The van der Waals surface area contributed by atoms with Gasteiger partial charge in [0, 0.05) is 20.1 Å². The molecule has 1 heterocycles. The van der Waals surface area contributed by atoms with E-state index >= 15 is 0 Å². The molecule has 0 saturated carbocycles. The van der Waals surface area contributed by atoms with Crippen molar-refractivity contribution in [2.24, 2.45) is 5.92 Å². The number of hydrogen-bond donors (Lipinski definition) is 2. The number of nitrogens with one attached hydrogen (secondary N) is 1. The van der Waals surface area contributed by atoms with Crippen molar-refractivity contribution in [1.29, 1.82) is 0 Å². The molecule has 0 aromatic carbocycles. The first-order valence-electron chi connectivity index (χ1n) is 5.75. The van der Waals surface area contributed by atoms with Gasteiger partial charge in [-0.25, -0.2) is 13.1 Å². The summed E-state index contributed by atoms with van der Waals surface area (Å²) in [7, 11) is -5.51. The second kappa shape index (κ2) is 6.16. The lowest BCUT2D eigenvalue weighted by molar-refractivity contribution is -0.137. The number of carboxylic acids is 1. The standard InChI is InChI=1S/C9H18N2O6S2/c1-11(4-2-9(12)13)19(16,17)10-6-8-3-5-18(14,15)7-8/h8,10H,2-7H2,1H3,(H,12,13). The number of aliphatic carboxylic acids is 1. The molecule has 1 atom stereocenters. The molecule has 19 heavy (non-hydrogen) atoms. The van der Waals surface area contributed by atoms with Gasteiger partial charge in [-0.05, 0) is 12.3 Å². The quantitative estimate of drug-likeness (QED) is 0.600. The van der Waals surface area contributed by atoms with Crippen LogP contribution in [-0.2, 0) is 24.8 Å². The molecule has 0 bridgehead atoms. The molecule has 112 valence electrons. The van der Waals surface area contributed by atoms with Crippen LogP contribution >= 0.6 is 0 Å². The van der Waals surface area contributed by atoms with E-state index < -0.39 is 26.0 Å². The van der Waals surface area contributed by atoms with Crippen molar-refractivity contribution in [3.63, 3.8) is 0 Å². The van der Waals surface area contributed by atoms with Crippen molar-refractivity contribution in [3.05, 3.63) is 0 Å². The third kappa shape index (κ3) is 5.43. The summed E-state index contributed by atoms with van der Waals surface area (Å²) in [5, 5.41) is 8.48. The van der Waals surface area contributed by atoms with Crippen LogP contribution < -0.4 is 4.72 Å². The molecule has 0 aromatic heterocycles. The molecule has 1 rings (SSSR count). The maximum Gasteiger partial charge on any atom is 0.304 e. The van der Waals surface area contributed by atoms with Crippen LogP contribution in [0.25, 0.3) is 0 Å². The van der Waals surface area contributed by atoms with Crippen LogP contribution in [0.4, 0.5) is 0 Å². The van der Waals surface area contributed by atoms with Crippen LogP contribution in [0.3, 0.4) is 0 Å². The summed E-state index contributed by atoms with van der Waals surface area (Å²) in [5.41, 5.74) is 0. The van der Waals surface area contributed by atoms with Crippen LogP contribution in [0.15, 0.2) is 0 Å². The number of rotatable bonds is 7. The van der Waals surface area contributed by atoms with Gasteiger partial charge in [-0.15, -0.1) is 0 Å². The van der Waals surface area contributed by atoms with Crippen LogP contribution in [0.5, 0.6) is 0 Å². The molecular formula is C9H18N2O6S2. The Morgan fingerprint density at radius 2 is 2.11 bits per heavy atom. The lowest BCUT2D eigenvalue weighted by Gasteiger charge is -2.18. The molecule has 1 aliphatic heterocycles. The number of carbonyl (C=O) groups is 1. The van der Waals surface area contributed by atoms with Crippen molar-refractivity contribution in [1.82, 2.24) is 9.03 Å². The summed E-state index contributed by atoms with van der Waals surface area (Å²) >= 11 is 0. The fourth-order valence-electron chi connectivity index (χ4n) is 1.74.